The third-order valence-electron chi connectivity index (χ3n) is 11.3. The highest BCUT2D eigenvalue weighted by molar-refractivity contribution is 7.20. The number of hydrogen-bond donors (Lipinski definition) is 0. The van der Waals surface area contributed by atoms with Crippen LogP contribution in [0.4, 0.5) is 105 Å². The zero-order chi connectivity index (χ0) is 55.4. The third-order valence-corrected chi connectivity index (χ3v) is 11.3. The molecule has 394 valence electrons. The first kappa shape index (κ1) is 56.3. The van der Waals surface area contributed by atoms with Gasteiger partial charge in [0.1, 0.15) is 6.15 Å². The normalized spacial score (nSPS) is 13.5. The Bertz CT molecular complexity index is 2700. The highest BCUT2D eigenvalue weighted by atomic mass is 19.4. The fourth-order valence-corrected chi connectivity index (χ4v) is 8.07. The summed E-state index contributed by atoms with van der Waals surface area (Å²) in [6.07, 6.45) is -47.2. The molecular weight excluding hydrogens is 1060 g/mol. The number of alkyl halides is 24. The zero-order valence-electron chi connectivity index (χ0n) is 36.0. The third kappa shape index (κ3) is 12.7. The lowest BCUT2D eigenvalue weighted by molar-refractivity contribution is -0.688. The van der Waals surface area contributed by atoms with Crippen LogP contribution < -0.4 is 26.4 Å². The molecule has 0 amide bonds. The topological polar surface area (TPSA) is 16.8 Å². The zero-order valence-corrected chi connectivity index (χ0v) is 36.0. The molecule has 0 aliphatic heterocycles. The van der Waals surface area contributed by atoms with Crippen molar-refractivity contribution < 1.29 is 110 Å². The van der Waals surface area contributed by atoms with Crippen molar-refractivity contribution in [1.29, 1.82) is 0 Å². The van der Waals surface area contributed by atoms with Crippen LogP contribution in [0.3, 0.4) is 0 Å². The Kier molecular flexibility index (Phi) is 14.8. The highest BCUT2D eigenvalue weighted by Crippen LogP contribution is 2.41. The summed E-state index contributed by atoms with van der Waals surface area (Å²) < 4.78 is 343. The van der Waals surface area contributed by atoms with E-state index >= 15 is 0 Å². The first-order valence-electron chi connectivity index (χ1n) is 20.3. The second kappa shape index (κ2) is 19.4. The Morgan fingerprint density at radius 3 is 0.824 bits per heavy atom. The SMILES string of the molecule is FC(F)(F)c1cc([B-](c2cc(C(F)(F)F)cc(C(F)(F)F)c2)(c2cc(C(F)(F)F)cc(C(F)(F)F)c2)c2cc(C(F)(F)F)cc(C(F)(F)F)c2)cc(C(F)(F)F)c1.c1ccc2cc(C[n+]3ccncc3)ccc2c1. The van der Waals surface area contributed by atoms with E-state index in [4.69, 9.17) is 0 Å². The first-order chi connectivity index (χ1) is 33.7. The quantitative estimate of drug-likeness (QED) is 0.0921. The molecule has 0 aliphatic rings. The van der Waals surface area contributed by atoms with E-state index in [0.717, 1.165) is 6.54 Å². The van der Waals surface area contributed by atoms with Crippen LogP contribution in [-0.2, 0) is 56.0 Å². The van der Waals surface area contributed by atoms with Gasteiger partial charge in [-0.2, -0.15) is 132 Å². The second-order valence-corrected chi connectivity index (χ2v) is 16.3. The van der Waals surface area contributed by atoms with Crippen molar-refractivity contribution in [3.63, 3.8) is 0 Å². The Morgan fingerprint density at radius 2 is 0.568 bits per heavy atom. The summed E-state index contributed by atoms with van der Waals surface area (Å²) in [5.74, 6) is 0. The maximum absolute atomic E-state index is 14.2. The molecule has 7 rings (SSSR count). The molecule has 7 aromatic rings. The van der Waals surface area contributed by atoms with Gasteiger partial charge in [0, 0.05) is 5.56 Å². The summed E-state index contributed by atoms with van der Waals surface area (Å²) in [5, 5.41) is 2.58. The molecule has 0 atom stereocenters. The van der Waals surface area contributed by atoms with E-state index in [1.807, 2.05) is 12.4 Å². The van der Waals surface area contributed by atoms with Crippen LogP contribution in [-0.4, -0.2) is 11.1 Å². The lowest BCUT2D eigenvalue weighted by atomic mass is 9.12. The minimum absolute atomic E-state index is 0.691. The molecule has 0 N–H and O–H groups in total. The van der Waals surface area contributed by atoms with E-state index in [2.05, 4.69) is 52.0 Å². The summed E-state index contributed by atoms with van der Waals surface area (Å²) in [4.78, 5) is 4.02. The molecule has 0 radical (unpaired) electrons. The molecule has 74 heavy (non-hydrogen) atoms. The minimum Gasteiger partial charge on any atom is -0.252 e. The lowest BCUT2D eigenvalue weighted by Crippen LogP contribution is -2.75. The van der Waals surface area contributed by atoms with Crippen LogP contribution in [0.2, 0.25) is 0 Å². The van der Waals surface area contributed by atoms with Crippen LogP contribution in [0.5, 0.6) is 0 Å². The van der Waals surface area contributed by atoms with Gasteiger partial charge in [-0.1, -0.05) is 84.9 Å². The van der Waals surface area contributed by atoms with Crippen molar-refractivity contribution in [2.24, 2.45) is 0 Å². The number of nitrogens with zero attached hydrogens (tertiary/aromatic N) is 2. The van der Waals surface area contributed by atoms with Crippen LogP contribution in [0.1, 0.15) is 50.1 Å². The molecule has 0 aliphatic carbocycles. The summed E-state index contributed by atoms with van der Waals surface area (Å²) >= 11 is 0. The van der Waals surface area contributed by atoms with Gasteiger partial charge in [0.05, 0.1) is 56.9 Å². The predicted molar refractivity (Wildman–Crippen MR) is 218 cm³/mol. The average molecular weight is 1080 g/mol. The second-order valence-electron chi connectivity index (χ2n) is 16.3. The molecular formula is C47H25BF24N2. The molecule has 6 aromatic carbocycles. The molecule has 2 nitrogen and oxygen atoms in total. The van der Waals surface area contributed by atoms with Gasteiger partial charge in [0.2, 0.25) is 0 Å². The van der Waals surface area contributed by atoms with Gasteiger partial charge in [-0.25, -0.2) is 0 Å². The van der Waals surface area contributed by atoms with Crippen LogP contribution in [0.25, 0.3) is 10.8 Å². The standard InChI is InChI=1S/C32H12BF24.C15H13N2/c34-25(35,36)13-1-14(26(37,38)39)6-21(5-13)33(22-7-15(27(40,41)42)2-16(8-22)28(43,44)45,23-9-17(29(46,47)48)3-18(10-23)30(49,50)51)24-11-19(31(52,53)54)4-20(12-24)32(55,56)57;1-2-4-15-11-13(5-6-14(15)3-1)12-17-9-7-16-8-10-17/h1-12H;1-11H,12H2/q-1;+1. The van der Waals surface area contributed by atoms with Crippen LogP contribution >= 0.6 is 0 Å². The van der Waals surface area contributed by atoms with Gasteiger partial charge < -0.3 is 0 Å². The van der Waals surface area contributed by atoms with E-state index in [9.17, 15) is 105 Å². The van der Waals surface area contributed by atoms with E-state index < -0.39 is 195 Å². The van der Waals surface area contributed by atoms with Gasteiger partial charge in [0.15, 0.2) is 18.9 Å². The van der Waals surface area contributed by atoms with E-state index in [1.165, 1.54) is 16.3 Å². The maximum atomic E-state index is 14.2. The summed E-state index contributed by atoms with van der Waals surface area (Å²) in [7, 11) is 0. The largest absolute Gasteiger partial charge is 0.416 e. The highest BCUT2D eigenvalue weighted by Gasteiger charge is 2.47. The fourth-order valence-electron chi connectivity index (χ4n) is 8.07. The summed E-state index contributed by atoms with van der Waals surface area (Å²) in [5.41, 5.74) is -28.9. The number of rotatable bonds is 6. The Labute approximate surface area is 399 Å². The minimum atomic E-state index is -6.13. The van der Waals surface area contributed by atoms with Gasteiger partial charge in [-0.3, -0.25) is 4.98 Å². The van der Waals surface area contributed by atoms with Crippen LogP contribution in [0, 0.1) is 0 Å². The smallest absolute Gasteiger partial charge is 0.252 e. The molecule has 0 bridgehead atoms. The molecule has 1 heterocycles. The molecule has 0 spiro atoms. The summed E-state index contributed by atoms with van der Waals surface area (Å²) in [6.45, 7) is 0.882. The van der Waals surface area contributed by atoms with Crippen molar-refractivity contribution in [3.05, 3.63) is 190 Å². The molecule has 0 saturated carbocycles. The van der Waals surface area contributed by atoms with Crippen molar-refractivity contribution in [2.45, 2.75) is 56.0 Å². The number of benzene rings is 6. The Balaban J connectivity index is 0.000000436. The number of fused-ring (bicyclic) bond motifs is 1. The van der Waals surface area contributed by atoms with Crippen molar-refractivity contribution in [1.82, 2.24) is 4.98 Å². The van der Waals surface area contributed by atoms with Gasteiger partial charge in [-0.05, 0) is 41.1 Å². The van der Waals surface area contributed by atoms with E-state index in [1.54, 1.807) is 12.4 Å². The van der Waals surface area contributed by atoms with Crippen molar-refractivity contribution >= 4 is 38.8 Å². The van der Waals surface area contributed by atoms with Crippen LogP contribution in [0.15, 0.2) is 140 Å². The average Bonchev–Trinajstić information content (AvgIpc) is 3.27. The molecule has 0 fully saturated rings. The Morgan fingerprint density at radius 1 is 0.311 bits per heavy atom. The molecule has 0 saturated heterocycles. The van der Waals surface area contributed by atoms with Gasteiger partial charge >= 0.3 is 49.4 Å². The number of hydrogen-bond acceptors (Lipinski definition) is 1. The monoisotopic (exact) mass is 1080 g/mol. The van der Waals surface area contributed by atoms with Crippen molar-refractivity contribution in [2.75, 3.05) is 0 Å². The van der Waals surface area contributed by atoms with E-state index in [-0.39, 0.29) is 0 Å². The Hall–Kier alpha value is -6.96. The molecule has 27 heteroatoms. The summed E-state index contributed by atoms with van der Waals surface area (Å²) in [6, 6.07) is 6.21. The van der Waals surface area contributed by atoms with Gasteiger partial charge in [-0.15, -0.1) is 0 Å². The maximum Gasteiger partial charge on any atom is 0.416 e. The molecule has 0 unspecified atom stereocenters. The first-order valence-corrected chi connectivity index (χ1v) is 20.3. The lowest BCUT2D eigenvalue weighted by Gasteiger charge is -2.46. The number of halogens is 24. The number of aromatic nitrogens is 2. The predicted octanol–water partition coefficient (Wildman–Crippen LogP) is 13.8. The van der Waals surface area contributed by atoms with E-state index in [0.29, 0.717) is 0 Å². The van der Waals surface area contributed by atoms with Crippen molar-refractivity contribution in [3.8, 4) is 0 Å². The van der Waals surface area contributed by atoms with Gasteiger partial charge in [0.25, 0.3) is 0 Å². The fraction of sp³-hybridized carbons (Fsp3) is 0.191. The molecule has 1 aromatic heterocycles.